The van der Waals surface area contributed by atoms with Gasteiger partial charge >= 0.3 is 0 Å². The van der Waals surface area contributed by atoms with Crippen molar-refractivity contribution in [3.63, 3.8) is 0 Å². The van der Waals surface area contributed by atoms with E-state index in [1.807, 2.05) is 18.2 Å². The molecule has 5 heteroatoms. The summed E-state index contributed by atoms with van der Waals surface area (Å²) in [7, 11) is 1.66. The minimum absolute atomic E-state index is 0.211. The van der Waals surface area contributed by atoms with Crippen molar-refractivity contribution in [2.24, 2.45) is 5.92 Å². The highest BCUT2D eigenvalue weighted by molar-refractivity contribution is 6.30. The van der Waals surface area contributed by atoms with Crippen LogP contribution in [0.15, 0.2) is 24.3 Å². The number of hydrogen-bond donors (Lipinski definition) is 0. The molecule has 4 rings (SSSR count). The van der Waals surface area contributed by atoms with E-state index in [9.17, 15) is 4.79 Å². The van der Waals surface area contributed by atoms with Crippen LogP contribution < -0.4 is 4.74 Å². The first-order valence-electron chi connectivity index (χ1n) is 9.59. The van der Waals surface area contributed by atoms with E-state index in [1.54, 1.807) is 7.11 Å². The molecular formula is C21H25ClN2O2. The Morgan fingerprint density at radius 1 is 1.19 bits per heavy atom. The number of amides is 1. The molecular weight excluding hydrogens is 348 g/mol. The lowest BCUT2D eigenvalue weighted by molar-refractivity contribution is -0.141. The van der Waals surface area contributed by atoms with Gasteiger partial charge < -0.3 is 9.64 Å². The molecule has 0 radical (unpaired) electrons. The SMILES string of the molecule is COc1ccc2nc(Cl)c(CN(C(=O)C3CCC3)C3CCCC3)cc2c1. The number of nitrogens with zero attached hydrogens (tertiary/aromatic N) is 2. The summed E-state index contributed by atoms with van der Waals surface area (Å²) in [6, 6.07) is 8.17. The second-order valence-electron chi connectivity index (χ2n) is 7.53. The molecule has 2 aliphatic carbocycles. The Labute approximate surface area is 159 Å². The largest absolute Gasteiger partial charge is 0.497 e. The number of rotatable bonds is 5. The maximum atomic E-state index is 13.0. The number of halogens is 1. The Kier molecular flexibility index (Phi) is 5.03. The van der Waals surface area contributed by atoms with E-state index < -0.39 is 0 Å². The standard InChI is InChI=1S/C21H25ClN2O2/c1-26-18-9-10-19-15(12-18)11-16(20(22)23-19)13-24(17-7-2-3-8-17)21(25)14-5-4-6-14/h9-12,14,17H,2-8,13H2,1H3. The van der Waals surface area contributed by atoms with E-state index in [0.29, 0.717) is 23.6 Å². The van der Waals surface area contributed by atoms with Gasteiger partial charge in [-0.25, -0.2) is 4.98 Å². The van der Waals surface area contributed by atoms with Crippen molar-refractivity contribution in [1.29, 1.82) is 0 Å². The van der Waals surface area contributed by atoms with Gasteiger partial charge in [-0.2, -0.15) is 0 Å². The van der Waals surface area contributed by atoms with Gasteiger partial charge in [0.15, 0.2) is 0 Å². The monoisotopic (exact) mass is 372 g/mol. The van der Waals surface area contributed by atoms with Crippen molar-refractivity contribution in [3.05, 3.63) is 35.0 Å². The second-order valence-corrected chi connectivity index (χ2v) is 7.89. The van der Waals surface area contributed by atoms with Crippen molar-refractivity contribution in [2.45, 2.75) is 57.5 Å². The molecule has 0 spiro atoms. The Bertz CT molecular complexity index is 813. The predicted octanol–water partition coefficient (Wildman–Crippen LogP) is 4.97. The molecule has 1 aromatic heterocycles. The summed E-state index contributed by atoms with van der Waals surface area (Å²) < 4.78 is 5.32. The summed E-state index contributed by atoms with van der Waals surface area (Å²) in [5.41, 5.74) is 1.77. The fourth-order valence-corrected chi connectivity index (χ4v) is 4.29. The van der Waals surface area contributed by atoms with E-state index in [4.69, 9.17) is 16.3 Å². The molecule has 2 fully saturated rings. The number of benzene rings is 1. The van der Waals surface area contributed by atoms with Crippen LogP contribution >= 0.6 is 11.6 Å². The van der Waals surface area contributed by atoms with Gasteiger partial charge in [0, 0.05) is 29.5 Å². The van der Waals surface area contributed by atoms with Gasteiger partial charge in [0.25, 0.3) is 0 Å². The number of hydrogen-bond acceptors (Lipinski definition) is 3. The molecule has 26 heavy (non-hydrogen) atoms. The smallest absolute Gasteiger partial charge is 0.226 e. The highest BCUT2D eigenvalue weighted by Crippen LogP contribution is 2.34. The van der Waals surface area contributed by atoms with Gasteiger partial charge in [0.1, 0.15) is 10.9 Å². The average Bonchev–Trinajstić information content (AvgIpc) is 3.12. The maximum absolute atomic E-state index is 13.0. The van der Waals surface area contributed by atoms with Crippen LogP contribution in [0.25, 0.3) is 10.9 Å². The summed E-state index contributed by atoms with van der Waals surface area (Å²) >= 11 is 6.48. The molecule has 2 aromatic rings. The van der Waals surface area contributed by atoms with Crippen molar-refractivity contribution < 1.29 is 9.53 Å². The molecule has 4 nitrogen and oxygen atoms in total. The van der Waals surface area contributed by atoms with Crippen LogP contribution in [0.4, 0.5) is 0 Å². The number of carbonyl (C=O) groups is 1. The van der Waals surface area contributed by atoms with Crippen molar-refractivity contribution in [3.8, 4) is 5.75 Å². The number of pyridine rings is 1. The first kappa shape index (κ1) is 17.6. The topological polar surface area (TPSA) is 42.4 Å². The Morgan fingerprint density at radius 3 is 2.62 bits per heavy atom. The quantitative estimate of drug-likeness (QED) is 0.696. The highest BCUT2D eigenvalue weighted by atomic mass is 35.5. The zero-order valence-electron chi connectivity index (χ0n) is 15.2. The number of aromatic nitrogens is 1. The summed E-state index contributed by atoms with van der Waals surface area (Å²) in [6.07, 6.45) is 7.86. The van der Waals surface area contributed by atoms with E-state index in [-0.39, 0.29) is 5.92 Å². The first-order valence-corrected chi connectivity index (χ1v) is 9.97. The van der Waals surface area contributed by atoms with Crippen LogP contribution in [0.1, 0.15) is 50.5 Å². The van der Waals surface area contributed by atoms with Crippen LogP contribution in [0.5, 0.6) is 5.75 Å². The number of ether oxygens (including phenoxy) is 1. The van der Waals surface area contributed by atoms with E-state index in [1.165, 1.54) is 19.3 Å². The zero-order valence-corrected chi connectivity index (χ0v) is 16.0. The third-order valence-corrected chi connectivity index (χ3v) is 6.22. The van der Waals surface area contributed by atoms with Gasteiger partial charge in [-0.05, 0) is 49.9 Å². The number of methoxy groups -OCH3 is 1. The van der Waals surface area contributed by atoms with Crippen LogP contribution in [0.3, 0.4) is 0 Å². The number of fused-ring (bicyclic) bond motifs is 1. The van der Waals surface area contributed by atoms with Crippen molar-refractivity contribution in [2.75, 3.05) is 7.11 Å². The van der Waals surface area contributed by atoms with Gasteiger partial charge in [-0.3, -0.25) is 4.79 Å². The van der Waals surface area contributed by atoms with Gasteiger partial charge in [0.2, 0.25) is 5.91 Å². The molecule has 2 aliphatic rings. The minimum Gasteiger partial charge on any atom is -0.497 e. The summed E-state index contributed by atoms with van der Waals surface area (Å²) in [5, 5.41) is 1.48. The summed E-state index contributed by atoms with van der Waals surface area (Å²) in [6.45, 7) is 0.555. The second kappa shape index (κ2) is 7.43. The molecule has 0 atom stereocenters. The predicted molar refractivity (Wildman–Crippen MR) is 103 cm³/mol. The van der Waals surface area contributed by atoms with E-state index in [0.717, 1.165) is 47.9 Å². The molecule has 138 valence electrons. The van der Waals surface area contributed by atoms with Gasteiger partial charge in [-0.15, -0.1) is 0 Å². The molecule has 0 unspecified atom stereocenters. The Hall–Kier alpha value is -1.81. The van der Waals surface area contributed by atoms with Crippen molar-refractivity contribution in [1.82, 2.24) is 9.88 Å². The Morgan fingerprint density at radius 2 is 1.96 bits per heavy atom. The molecule has 0 bridgehead atoms. The lowest BCUT2D eigenvalue weighted by Gasteiger charge is -2.35. The zero-order chi connectivity index (χ0) is 18.1. The van der Waals surface area contributed by atoms with E-state index in [2.05, 4.69) is 16.0 Å². The normalized spacial score (nSPS) is 18.1. The molecule has 2 saturated carbocycles. The fourth-order valence-electron chi connectivity index (χ4n) is 4.09. The van der Waals surface area contributed by atoms with Crippen molar-refractivity contribution >= 4 is 28.4 Å². The average molecular weight is 373 g/mol. The van der Waals surface area contributed by atoms with Gasteiger partial charge in [-0.1, -0.05) is 30.9 Å². The molecule has 0 saturated heterocycles. The molecule has 0 N–H and O–H groups in total. The summed E-state index contributed by atoms with van der Waals surface area (Å²) in [4.78, 5) is 19.7. The molecule has 1 heterocycles. The summed E-state index contributed by atoms with van der Waals surface area (Å²) in [5.74, 6) is 1.32. The van der Waals surface area contributed by atoms with Crippen LogP contribution in [-0.4, -0.2) is 28.9 Å². The van der Waals surface area contributed by atoms with Gasteiger partial charge in [0.05, 0.1) is 12.6 Å². The molecule has 1 amide bonds. The minimum atomic E-state index is 0.211. The van der Waals surface area contributed by atoms with Crippen LogP contribution in [0, 0.1) is 5.92 Å². The lowest BCUT2D eigenvalue weighted by Crippen LogP contribution is -2.43. The molecule has 1 aromatic carbocycles. The first-order chi connectivity index (χ1) is 12.7. The maximum Gasteiger partial charge on any atom is 0.226 e. The highest BCUT2D eigenvalue weighted by Gasteiger charge is 2.34. The third kappa shape index (κ3) is 3.39. The van der Waals surface area contributed by atoms with Crippen LogP contribution in [0.2, 0.25) is 5.15 Å². The number of carbonyl (C=O) groups excluding carboxylic acids is 1. The van der Waals surface area contributed by atoms with E-state index >= 15 is 0 Å². The van der Waals surface area contributed by atoms with Crippen LogP contribution in [-0.2, 0) is 11.3 Å². The fraction of sp³-hybridized carbons (Fsp3) is 0.524. The third-order valence-electron chi connectivity index (χ3n) is 5.89. The molecule has 0 aliphatic heterocycles. The lowest BCUT2D eigenvalue weighted by atomic mass is 9.84. The Balaban J connectivity index is 1.65.